The van der Waals surface area contributed by atoms with Gasteiger partial charge in [-0.2, -0.15) is 0 Å². The summed E-state index contributed by atoms with van der Waals surface area (Å²) in [5.41, 5.74) is 0.471. The minimum absolute atomic E-state index is 0.00597. The van der Waals surface area contributed by atoms with E-state index in [0.29, 0.717) is 11.1 Å². The minimum Gasteiger partial charge on any atom is -0.508 e. The maximum absolute atomic E-state index is 13.4. The number of methoxy groups -OCH3 is 1. The largest absolute Gasteiger partial charge is 0.508 e. The van der Waals surface area contributed by atoms with Crippen LogP contribution in [0, 0.1) is 6.92 Å². The van der Waals surface area contributed by atoms with Crippen LogP contribution in [0.5, 0.6) is 11.5 Å². The normalized spacial score (nSPS) is 30.4. The lowest BCUT2D eigenvalue weighted by molar-refractivity contribution is -0.343. The topological polar surface area (TPSA) is 255 Å². The summed E-state index contributed by atoms with van der Waals surface area (Å²) in [6.07, 6.45) is -15.2. The fourth-order valence-electron chi connectivity index (χ4n) is 6.26. The van der Waals surface area contributed by atoms with Gasteiger partial charge in [0.25, 0.3) is 0 Å². The Morgan fingerprint density at radius 2 is 1.63 bits per heavy atom. The number of phenols is 1. The van der Waals surface area contributed by atoms with Gasteiger partial charge in [0, 0.05) is 18.6 Å². The van der Waals surface area contributed by atoms with Crippen LogP contribution in [0.2, 0.25) is 0 Å². The molecule has 16 heteroatoms. The first-order valence-corrected chi connectivity index (χ1v) is 16.2. The molecule has 2 saturated heterocycles. The Balaban J connectivity index is 1.61. The molecule has 0 unspecified atom stereocenters. The van der Waals surface area contributed by atoms with Crippen molar-refractivity contribution < 1.29 is 73.7 Å². The van der Waals surface area contributed by atoms with Crippen LogP contribution in [0.15, 0.2) is 51.7 Å². The Morgan fingerprint density at radius 3 is 2.25 bits per heavy atom. The van der Waals surface area contributed by atoms with Crippen molar-refractivity contribution in [2.45, 2.75) is 87.6 Å². The third kappa shape index (κ3) is 8.10. The van der Waals surface area contributed by atoms with E-state index in [0.717, 1.165) is 6.08 Å². The van der Waals surface area contributed by atoms with Crippen molar-refractivity contribution in [3.05, 3.63) is 75.1 Å². The van der Waals surface area contributed by atoms with Crippen LogP contribution < -0.4 is 10.2 Å². The van der Waals surface area contributed by atoms with Crippen molar-refractivity contribution in [3.8, 4) is 11.5 Å². The molecule has 2 aliphatic heterocycles. The molecule has 8 N–H and O–H groups in total. The smallest absolute Gasteiger partial charge is 0.331 e. The zero-order valence-electron chi connectivity index (χ0n) is 27.9. The summed E-state index contributed by atoms with van der Waals surface area (Å²) in [6, 6.07) is 8.64. The van der Waals surface area contributed by atoms with Gasteiger partial charge < -0.3 is 69.0 Å². The molecule has 0 aliphatic carbocycles. The quantitative estimate of drug-likeness (QED) is 0.0905. The molecule has 1 aromatic heterocycles. The molecule has 2 aromatic carbocycles. The number of fused-ring (bicyclic) bond motifs is 1. The number of hydrogen-bond acceptors (Lipinski definition) is 16. The van der Waals surface area contributed by atoms with Gasteiger partial charge >= 0.3 is 5.97 Å². The SMILES string of the molecule is COc1cc(C)c2c(=O)cc(C[C@H](C)O)oc2c1[C@@H]1O[C@H](CO)[C@@H](O[C@@H]2O[C@H](CO)[C@@H](O)[C@H](O)[C@H]2O)[C@H](O)[C@H]1OC(=O)/C=C/c1ccc(O)cc1. The van der Waals surface area contributed by atoms with Gasteiger partial charge in [-0.05, 0) is 49.2 Å². The van der Waals surface area contributed by atoms with Crippen LogP contribution in [0.1, 0.15) is 35.5 Å². The van der Waals surface area contributed by atoms with Gasteiger partial charge in [-0.25, -0.2) is 4.79 Å². The van der Waals surface area contributed by atoms with E-state index in [1.54, 1.807) is 6.92 Å². The molecule has 0 radical (unpaired) electrons. The van der Waals surface area contributed by atoms with Crippen LogP contribution in [-0.2, 0) is 30.2 Å². The Kier molecular flexibility index (Phi) is 12.1. The van der Waals surface area contributed by atoms with E-state index in [1.807, 2.05) is 0 Å². The highest BCUT2D eigenvalue weighted by atomic mass is 16.7. The number of esters is 1. The van der Waals surface area contributed by atoms with Gasteiger partial charge in [0.05, 0.1) is 37.4 Å². The van der Waals surface area contributed by atoms with Gasteiger partial charge in [0.2, 0.25) is 0 Å². The van der Waals surface area contributed by atoms with Gasteiger partial charge in [-0.15, -0.1) is 0 Å². The lowest BCUT2D eigenvalue weighted by Gasteiger charge is -2.47. The number of carbonyl (C=O) groups excluding carboxylic acids is 1. The summed E-state index contributed by atoms with van der Waals surface area (Å²) in [5, 5.41) is 83.0. The van der Waals surface area contributed by atoms with Crippen LogP contribution >= 0.6 is 0 Å². The third-order valence-electron chi connectivity index (χ3n) is 8.79. The first-order valence-electron chi connectivity index (χ1n) is 16.2. The number of aromatic hydroxyl groups is 1. The summed E-state index contributed by atoms with van der Waals surface area (Å²) in [4.78, 5) is 26.7. The number of aliphatic hydroxyl groups excluding tert-OH is 7. The second kappa shape index (κ2) is 16.2. The van der Waals surface area contributed by atoms with E-state index < -0.39 is 91.9 Å². The molecule has 0 saturated carbocycles. The average Bonchev–Trinajstić information content (AvgIpc) is 3.09. The first kappa shape index (κ1) is 38.3. The van der Waals surface area contributed by atoms with Crippen LogP contribution in [-0.4, -0.2) is 128 Å². The number of aliphatic hydroxyl groups is 7. The van der Waals surface area contributed by atoms with Crippen LogP contribution in [0.3, 0.4) is 0 Å². The molecule has 5 rings (SSSR count). The molecule has 2 aliphatic rings. The maximum Gasteiger partial charge on any atom is 0.331 e. The predicted octanol–water partition coefficient (Wildman–Crippen LogP) is -0.658. The molecule has 0 amide bonds. The fourth-order valence-corrected chi connectivity index (χ4v) is 6.26. The van der Waals surface area contributed by atoms with Crippen molar-refractivity contribution in [1.29, 1.82) is 0 Å². The van der Waals surface area contributed by atoms with Gasteiger partial charge in [-0.3, -0.25) is 4.79 Å². The Hall–Kier alpha value is -3.94. The Labute approximate surface area is 291 Å². The molecule has 11 atom stereocenters. The van der Waals surface area contributed by atoms with Crippen molar-refractivity contribution in [3.63, 3.8) is 0 Å². The molecular formula is C35H42O16. The minimum atomic E-state index is -1.89. The van der Waals surface area contributed by atoms with E-state index in [2.05, 4.69) is 0 Å². The molecule has 278 valence electrons. The monoisotopic (exact) mass is 718 g/mol. The van der Waals surface area contributed by atoms with Crippen molar-refractivity contribution in [2.24, 2.45) is 0 Å². The van der Waals surface area contributed by atoms with Crippen LogP contribution in [0.4, 0.5) is 0 Å². The number of ether oxygens (including phenoxy) is 5. The van der Waals surface area contributed by atoms with E-state index in [-0.39, 0.29) is 40.2 Å². The summed E-state index contributed by atoms with van der Waals surface area (Å²) < 4.78 is 35.1. The van der Waals surface area contributed by atoms with E-state index in [4.69, 9.17) is 28.1 Å². The molecule has 0 spiro atoms. The van der Waals surface area contributed by atoms with Gasteiger partial charge in [0.1, 0.15) is 71.7 Å². The molecule has 3 aromatic rings. The number of rotatable bonds is 11. The van der Waals surface area contributed by atoms with E-state index in [1.165, 1.54) is 56.5 Å². The zero-order valence-corrected chi connectivity index (χ0v) is 27.9. The predicted molar refractivity (Wildman–Crippen MR) is 176 cm³/mol. The molecule has 16 nitrogen and oxygen atoms in total. The fraction of sp³-hybridized carbons (Fsp3) is 0.486. The maximum atomic E-state index is 13.4. The van der Waals surface area contributed by atoms with Gasteiger partial charge in [-0.1, -0.05) is 12.1 Å². The second-order valence-corrected chi connectivity index (χ2v) is 12.5. The summed E-state index contributed by atoms with van der Waals surface area (Å²) in [6.45, 7) is 1.56. The highest BCUT2D eigenvalue weighted by Gasteiger charge is 2.53. The Bertz CT molecular complexity index is 1750. The lowest BCUT2D eigenvalue weighted by atomic mass is 9.88. The van der Waals surface area contributed by atoms with Crippen LogP contribution in [0.25, 0.3) is 17.0 Å². The van der Waals surface area contributed by atoms with E-state index >= 15 is 0 Å². The highest BCUT2D eigenvalue weighted by Crippen LogP contribution is 2.44. The third-order valence-corrected chi connectivity index (χ3v) is 8.79. The molecular weight excluding hydrogens is 676 g/mol. The molecule has 2 fully saturated rings. The highest BCUT2D eigenvalue weighted by molar-refractivity contribution is 5.88. The zero-order chi connectivity index (χ0) is 37.1. The average molecular weight is 719 g/mol. The summed E-state index contributed by atoms with van der Waals surface area (Å²) >= 11 is 0. The standard InChI is InChI=1S/C35H42O16/c1-15-10-21(46-3)26(32-25(15)20(40)12-19(47-32)11-16(2)38)33-34(50-24(41)9-6-17-4-7-18(39)8-5-17)30(45)31(23(14-37)48-33)51-35-29(44)28(43)27(42)22(13-36)49-35/h4-10,12,16,22-23,27-31,33-39,42-45H,11,13-14H2,1-3H3/b9-6+/t16-,22+,23+,27+,28-,29+,30-,31+,33-,34+,35-/m0/s1. The summed E-state index contributed by atoms with van der Waals surface area (Å²) in [5.74, 6) is -0.770. The first-order chi connectivity index (χ1) is 24.3. The number of aryl methyl sites for hydroxylation is 1. The molecule has 0 bridgehead atoms. The lowest BCUT2D eigenvalue weighted by Crippen LogP contribution is -2.63. The summed E-state index contributed by atoms with van der Waals surface area (Å²) in [7, 11) is 1.33. The number of phenolic OH excluding ortho intramolecular Hbond substituents is 1. The number of benzene rings is 2. The Morgan fingerprint density at radius 1 is 0.941 bits per heavy atom. The van der Waals surface area contributed by atoms with Crippen molar-refractivity contribution >= 4 is 23.0 Å². The number of hydrogen-bond donors (Lipinski definition) is 8. The van der Waals surface area contributed by atoms with Gasteiger partial charge in [0.15, 0.2) is 17.8 Å². The molecule has 51 heavy (non-hydrogen) atoms. The molecule has 3 heterocycles. The van der Waals surface area contributed by atoms with Crippen molar-refractivity contribution in [1.82, 2.24) is 0 Å². The second-order valence-electron chi connectivity index (χ2n) is 12.5. The van der Waals surface area contributed by atoms with E-state index in [9.17, 15) is 50.4 Å². The number of carbonyl (C=O) groups is 1. The van der Waals surface area contributed by atoms with Crippen molar-refractivity contribution in [2.75, 3.05) is 20.3 Å².